The highest BCUT2D eigenvalue weighted by Gasteiger charge is 2.28. The van der Waals surface area contributed by atoms with E-state index in [4.69, 9.17) is 0 Å². The first-order valence-corrected chi connectivity index (χ1v) is 9.79. The summed E-state index contributed by atoms with van der Waals surface area (Å²) in [6.07, 6.45) is 3.00. The predicted molar refractivity (Wildman–Crippen MR) is 109 cm³/mol. The molecular weight excluding hydrogens is 324 g/mol. The van der Waals surface area contributed by atoms with Gasteiger partial charge in [-0.3, -0.25) is 9.79 Å². The molecule has 1 saturated carbocycles. The predicted octanol–water partition coefficient (Wildman–Crippen LogP) is 2.61. The summed E-state index contributed by atoms with van der Waals surface area (Å²) in [5.41, 5.74) is 2.84. The maximum Gasteiger partial charge on any atom is 0.223 e. The second-order valence-electron chi connectivity index (χ2n) is 7.95. The van der Waals surface area contributed by atoms with Crippen LogP contribution in [0.4, 0.5) is 0 Å². The Morgan fingerprint density at radius 1 is 1.08 bits per heavy atom. The summed E-state index contributed by atoms with van der Waals surface area (Å²) < 4.78 is 0. The number of benzene rings is 1. The molecule has 1 aliphatic rings. The van der Waals surface area contributed by atoms with Crippen LogP contribution in [0.1, 0.15) is 51.7 Å². The maximum absolute atomic E-state index is 11.6. The van der Waals surface area contributed by atoms with Crippen molar-refractivity contribution >= 4 is 11.9 Å². The van der Waals surface area contributed by atoms with Gasteiger partial charge in [0.05, 0.1) is 0 Å². The molecule has 3 N–H and O–H groups in total. The van der Waals surface area contributed by atoms with Crippen LogP contribution in [0.15, 0.2) is 29.3 Å². The number of amides is 1. The van der Waals surface area contributed by atoms with Gasteiger partial charge in [-0.05, 0) is 42.7 Å². The molecule has 26 heavy (non-hydrogen) atoms. The van der Waals surface area contributed by atoms with Crippen LogP contribution in [-0.2, 0) is 16.6 Å². The van der Waals surface area contributed by atoms with Gasteiger partial charge in [0.2, 0.25) is 5.91 Å². The highest BCUT2D eigenvalue weighted by molar-refractivity contribution is 5.81. The molecule has 5 nitrogen and oxygen atoms in total. The zero-order valence-electron chi connectivity index (χ0n) is 16.7. The largest absolute Gasteiger partial charge is 0.357 e. The van der Waals surface area contributed by atoms with Crippen molar-refractivity contribution in [2.24, 2.45) is 10.9 Å². The van der Waals surface area contributed by atoms with E-state index < -0.39 is 0 Å². The minimum Gasteiger partial charge on any atom is -0.357 e. The third-order valence-corrected chi connectivity index (χ3v) is 4.50. The average Bonchev–Trinajstić information content (AvgIpc) is 3.43. The molecule has 0 aromatic heterocycles. The first-order chi connectivity index (χ1) is 12.4. The Hall–Kier alpha value is -2.04. The third-order valence-electron chi connectivity index (χ3n) is 4.50. The van der Waals surface area contributed by atoms with Crippen molar-refractivity contribution in [3.63, 3.8) is 0 Å². The zero-order chi connectivity index (χ0) is 19.0. The Labute approximate surface area is 158 Å². The minimum absolute atomic E-state index is 0.187. The number of nitrogens with zero attached hydrogens (tertiary/aromatic N) is 1. The topological polar surface area (TPSA) is 65.5 Å². The standard InChI is InChI=1S/C21H34N4O/c1-5-22-20(25-15-14-23-19(26)17-8-9-17)24-13-12-16-6-10-18(11-7-16)21(2,3)4/h6-7,10-11,17H,5,8-9,12-15H2,1-4H3,(H,23,26)(H2,22,24,25). The van der Waals surface area contributed by atoms with Crippen LogP contribution in [-0.4, -0.2) is 38.0 Å². The van der Waals surface area contributed by atoms with Crippen molar-refractivity contribution in [2.75, 3.05) is 26.2 Å². The van der Waals surface area contributed by atoms with Crippen LogP contribution in [0.3, 0.4) is 0 Å². The van der Waals surface area contributed by atoms with E-state index in [0.717, 1.165) is 38.3 Å². The van der Waals surface area contributed by atoms with E-state index in [2.05, 4.69) is 72.9 Å². The lowest BCUT2D eigenvalue weighted by Crippen LogP contribution is -2.41. The number of guanidine groups is 1. The number of rotatable bonds is 8. The number of hydrogen-bond donors (Lipinski definition) is 3. The summed E-state index contributed by atoms with van der Waals surface area (Å²) in [6, 6.07) is 8.82. The number of hydrogen-bond acceptors (Lipinski definition) is 2. The Balaban J connectivity index is 1.73. The quantitative estimate of drug-likeness (QED) is 0.380. The van der Waals surface area contributed by atoms with Crippen LogP contribution in [0.25, 0.3) is 0 Å². The molecule has 1 amide bonds. The van der Waals surface area contributed by atoms with Crippen molar-refractivity contribution < 1.29 is 4.79 Å². The molecule has 0 atom stereocenters. The molecular formula is C21H34N4O. The molecule has 144 valence electrons. The summed E-state index contributed by atoms with van der Waals surface area (Å²) in [5, 5.41) is 9.48. The fourth-order valence-electron chi connectivity index (χ4n) is 2.67. The molecule has 0 saturated heterocycles. The van der Waals surface area contributed by atoms with E-state index in [1.165, 1.54) is 11.1 Å². The molecule has 0 spiro atoms. The SMILES string of the molecule is CCNC(=NCCc1ccc(C(C)(C)C)cc1)NCCNC(=O)C1CC1. The van der Waals surface area contributed by atoms with Crippen molar-refractivity contribution in [3.8, 4) is 0 Å². The van der Waals surface area contributed by atoms with Gasteiger partial charge in [0.25, 0.3) is 0 Å². The zero-order valence-corrected chi connectivity index (χ0v) is 16.7. The van der Waals surface area contributed by atoms with Gasteiger partial charge in [0, 0.05) is 32.1 Å². The minimum atomic E-state index is 0.187. The molecule has 1 aromatic rings. The maximum atomic E-state index is 11.6. The van der Waals surface area contributed by atoms with Crippen LogP contribution < -0.4 is 16.0 Å². The van der Waals surface area contributed by atoms with Crippen molar-refractivity contribution in [1.29, 1.82) is 0 Å². The normalized spacial score (nSPS) is 14.8. The van der Waals surface area contributed by atoms with Crippen LogP contribution >= 0.6 is 0 Å². The fourth-order valence-corrected chi connectivity index (χ4v) is 2.67. The first kappa shape index (κ1) is 20.3. The summed E-state index contributed by atoms with van der Waals surface area (Å²) in [6.45, 7) is 11.6. The van der Waals surface area contributed by atoms with E-state index in [9.17, 15) is 4.79 Å². The number of carbonyl (C=O) groups excluding carboxylic acids is 1. The highest BCUT2D eigenvalue weighted by atomic mass is 16.2. The molecule has 2 rings (SSSR count). The number of nitrogens with one attached hydrogen (secondary N) is 3. The molecule has 0 aliphatic heterocycles. The van der Waals surface area contributed by atoms with Crippen LogP contribution in [0.5, 0.6) is 0 Å². The summed E-state index contributed by atoms with van der Waals surface area (Å²) in [7, 11) is 0. The average molecular weight is 359 g/mol. The lowest BCUT2D eigenvalue weighted by Gasteiger charge is -2.19. The van der Waals surface area contributed by atoms with Gasteiger partial charge in [0.15, 0.2) is 5.96 Å². The Bertz CT molecular complexity index is 597. The van der Waals surface area contributed by atoms with Crippen molar-refractivity contribution in [2.45, 2.75) is 52.4 Å². The molecule has 1 fully saturated rings. The second-order valence-corrected chi connectivity index (χ2v) is 7.95. The molecule has 0 radical (unpaired) electrons. The van der Waals surface area contributed by atoms with Gasteiger partial charge < -0.3 is 16.0 Å². The molecule has 0 heterocycles. The van der Waals surface area contributed by atoms with E-state index in [1.54, 1.807) is 0 Å². The van der Waals surface area contributed by atoms with Gasteiger partial charge in [-0.15, -0.1) is 0 Å². The second kappa shape index (κ2) is 9.60. The smallest absolute Gasteiger partial charge is 0.223 e. The number of aliphatic imine (C=N–C) groups is 1. The number of carbonyl (C=O) groups is 1. The lowest BCUT2D eigenvalue weighted by atomic mass is 9.86. The molecule has 1 aliphatic carbocycles. The Morgan fingerprint density at radius 2 is 1.73 bits per heavy atom. The van der Waals surface area contributed by atoms with E-state index in [-0.39, 0.29) is 17.2 Å². The molecule has 0 bridgehead atoms. The van der Waals surface area contributed by atoms with Crippen LogP contribution in [0.2, 0.25) is 0 Å². The summed E-state index contributed by atoms with van der Waals surface area (Å²) >= 11 is 0. The molecule has 0 unspecified atom stereocenters. The van der Waals surface area contributed by atoms with Gasteiger partial charge in [-0.1, -0.05) is 45.0 Å². The monoisotopic (exact) mass is 358 g/mol. The Kier molecular flexibility index (Phi) is 7.49. The Morgan fingerprint density at radius 3 is 2.31 bits per heavy atom. The summed E-state index contributed by atoms with van der Waals surface area (Å²) in [4.78, 5) is 16.2. The van der Waals surface area contributed by atoms with Gasteiger partial charge in [-0.25, -0.2) is 0 Å². The van der Waals surface area contributed by atoms with Crippen molar-refractivity contribution in [1.82, 2.24) is 16.0 Å². The van der Waals surface area contributed by atoms with Gasteiger partial charge in [-0.2, -0.15) is 0 Å². The molecule has 1 aromatic carbocycles. The van der Waals surface area contributed by atoms with E-state index >= 15 is 0 Å². The lowest BCUT2D eigenvalue weighted by molar-refractivity contribution is -0.122. The molecule has 5 heteroatoms. The van der Waals surface area contributed by atoms with Crippen LogP contribution in [0, 0.1) is 5.92 Å². The van der Waals surface area contributed by atoms with Crippen molar-refractivity contribution in [3.05, 3.63) is 35.4 Å². The fraction of sp³-hybridized carbons (Fsp3) is 0.619. The first-order valence-electron chi connectivity index (χ1n) is 9.79. The highest BCUT2D eigenvalue weighted by Crippen LogP contribution is 2.28. The van der Waals surface area contributed by atoms with E-state index in [0.29, 0.717) is 13.1 Å². The summed E-state index contributed by atoms with van der Waals surface area (Å²) in [5.74, 6) is 1.26. The van der Waals surface area contributed by atoms with Gasteiger partial charge >= 0.3 is 0 Å². The van der Waals surface area contributed by atoms with E-state index in [1.807, 2.05) is 0 Å². The van der Waals surface area contributed by atoms with Gasteiger partial charge in [0.1, 0.15) is 0 Å². The third kappa shape index (κ3) is 7.06.